The zero-order valence-corrected chi connectivity index (χ0v) is 12.6. The van der Waals surface area contributed by atoms with Crippen LogP contribution in [0.4, 0.5) is 11.4 Å². The number of carbonyl (C=O) groups excluding carboxylic acids is 2. The van der Waals surface area contributed by atoms with E-state index >= 15 is 0 Å². The van der Waals surface area contributed by atoms with Crippen LogP contribution in [-0.4, -0.2) is 36.3 Å². The lowest BCUT2D eigenvalue weighted by atomic mass is 10.2. The standard InChI is InChI=1S/C15H24N4O2/c1-11(2)9-19(10-14(17)20)8-7-15(21)18-13-6-4-3-5-12(13)16/h3-6,11H,7-10,16H2,1-2H3,(H2,17,20)(H,18,21). The van der Waals surface area contributed by atoms with E-state index in [1.807, 2.05) is 17.0 Å². The lowest BCUT2D eigenvalue weighted by Crippen LogP contribution is -2.38. The first-order valence-electron chi connectivity index (χ1n) is 7.03. The lowest BCUT2D eigenvalue weighted by Gasteiger charge is -2.22. The largest absolute Gasteiger partial charge is 0.397 e. The molecule has 21 heavy (non-hydrogen) atoms. The fourth-order valence-corrected chi connectivity index (χ4v) is 2.05. The number of nitrogens with one attached hydrogen (secondary N) is 1. The highest BCUT2D eigenvalue weighted by atomic mass is 16.2. The first-order chi connectivity index (χ1) is 9.88. The Labute approximate surface area is 125 Å². The summed E-state index contributed by atoms with van der Waals surface area (Å²) in [5.41, 5.74) is 12.1. The quantitative estimate of drug-likeness (QED) is 0.623. The van der Waals surface area contributed by atoms with E-state index < -0.39 is 0 Å². The van der Waals surface area contributed by atoms with Crippen LogP contribution in [0.15, 0.2) is 24.3 Å². The number of nitrogens with two attached hydrogens (primary N) is 2. The van der Waals surface area contributed by atoms with E-state index in [0.29, 0.717) is 23.8 Å². The van der Waals surface area contributed by atoms with Crippen LogP contribution in [0, 0.1) is 5.92 Å². The van der Waals surface area contributed by atoms with Gasteiger partial charge in [-0.3, -0.25) is 14.5 Å². The maximum atomic E-state index is 11.9. The summed E-state index contributed by atoms with van der Waals surface area (Å²) in [5, 5.41) is 2.77. The topological polar surface area (TPSA) is 101 Å². The Kier molecular flexibility index (Phi) is 6.68. The van der Waals surface area contributed by atoms with Gasteiger partial charge in [0.1, 0.15) is 0 Å². The summed E-state index contributed by atoms with van der Waals surface area (Å²) in [5.74, 6) is -0.119. The van der Waals surface area contributed by atoms with E-state index in [-0.39, 0.29) is 24.8 Å². The predicted molar refractivity (Wildman–Crippen MR) is 84.6 cm³/mol. The Hall–Kier alpha value is -2.08. The van der Waals surface area contributed by atoms with E-state index in [1.54, 1.807) is 12.1 Å². The van der Waals surface area contributed by atoms with Gasteiger partial charge in [-0.2, -0.15) is 0 Å². The molecule has 6 heteroatoms. The van der Waals surface area contributed by atoms with Crippen molar-refractivity contribution in [2.24, 2.45) is 11.7 Å². The molecule has 0 radical (unpaired) electrons. The van der Waals surface area contributed by atoms with Gasteiger partial charge < -0.3 is 16.8 Å². The van der Waals surface area contributed by atoms with Gasteiger partial charge in [-0.25, -0.2) is 0 Å². The number of nitrogens with zero attached hydrogens (tertiary/aromatic N) is 1. The Morgan fingerprint density at radius 2 is 1.95 bits per heavy atom. The van der Waals surface area contributed by atoms with Crippen molar-refractivity contribution >= 4 is 23.2 Å². The van der Waals surface area contributed by atoms with Gasteiger partial charge in [-0.1, -0.05) is 26.0 Å². The van der Waals surface area contributed by atoms with Gasteiger partial charge in [-0.05, 0) is 18.1 Å². The fourth-order valence-electron chi connectivity index (χ4n) is 2.05. The molecule has 0 unspecified atom stereocenters. The molecule has 0 bridgehead atoms. The molecule has 5 N–H and O–H groups in total. The zero-order chi connectivity index (χ0) is 15.8. The molecule has 6 nitrogen and oxygen atoms in total. The molecular weight excluding hydrogens is 268 g/mol. The Morgan fingerprint density at radius 1 is 1.29 bits per heavy atom. The van der Waals surface area contributed by atoms with E-state index in [2.05, 4.69) is 19.2 Å². The summed E-state index contributed by atoms with van der Waals surface area (Å²) in [6, 6.07) is 7.10. The fraction of sp³-hybridized carbons (Fsp3) is 0.467. The van der Waals surface area contributed by atoms with Crippen LogP contribution in [0.25, 0.3) is 0 Å². The van der Waals surface area contributed by atoms with Crippen molar-refractivity contribution in [2.75, 3.05) is 30.7 Å². The number of para-hydroxylation sites is 2. The molecule has 1 aromatic rings. The van der Waals surface area contributed by atoms with Crippen molar-refractivity contribution in [3.05, 3.63) is 24.3 Å². The van der Waals surface area contributed by atoms with Gasteiger partial charge in [0.05, 0.1) is 17.9 Å². The van der Waals surface area contributed by atoms with Gasteiger partial charge in [0, 0.05) is 19.5 Å². The van der Waals surface area contributed by atoms with Crippen LogP contribution >= 0.6 is 0 Å². The molecule has 2 amide bonds. The van der Waals surface area contributed by atoms with Crippen molar-refractivity contribution in [3.63, 3.8) is 0 Å². The number of anilines is 2. The van der Waals surface area contributed by atoms with Gasteiger partial charge >= 0.3 is 0 Å². The smallest absolute Gasteiger partial charge is 0.231 e. The third-order valence-electron chi connectivity index (χ3n) is 2.89. The van der Waals surface area contributed by atoms with Gasteiger partial charge in [-0.15, -0.1) is 0 Å². The molecule has 0 spiro atoms. The highest BCUT2D eigenvalue weighted by molar-refractivity contribution is 5.93. The number of hydrogen-bond donors (Lipinski definition) is 3. The molecule has 1 rings (SSSR count). The first-order valence-corrected chi connectivity index (χ1v) is 7.03. The summed E-state index contributed by atoms with van der Waals surface area (Å²) in [6.07, 6.45) is 0.286. The molecule has 0 aromatic heterocycles. The monoisotopic (exact) mass is 292 g/mol. The Bertz CT molecular complexity index is 488. The molecule has 0 saturated carbocycles. The van der Waals surface area contributed by atoms with Gasteiger partial charge in [0.25, 0.3) is 0 Å². The minimum absolute atomic E-state index is 0.133. The average molecular weight is 292 g/mol. The number of amides is 2. The van der Waals surface area contributed by atoms with Crippen molar-refractivity contribution < 1.29 is 9.59 Å². The Balaban J connectivity index is 2.49. The zero-order valence-electron chi connectivity index (χ0n) is 12.6. The molecule has 0 aliphatic rings. The SMILES string of the molecule is CC(C)CN(CCC(=O)Nc1ccccc1N)CC(N)=O. The number of primary amides is 1. The second kappa shape index (κ2) is 8.26. The number of nitrogen functional groups attached to an aromatic ring is 1. The second-order valence-electron chi connectivity index (χ2n) is 5.48. The lowest BCUT2D eigenvalue weighted by molar-refractivity contribution is -0.120. The van der Waals surface area contributed by atoms with Crippen molar-refractivity contribution in [2.45, 2.75) is 20.3 Å². The molecule has 0 aliphatic carbocycles. The molecular formula is C15H24N4O2. The predicted octanol–water partition coefficient (Wildman–Crippen LogP) is 1.04. The van der Waals surface area contributed by atoms with Gasteiger partial charge in [0.2, 0.25) is 11.8 Å². The highest BCUT2D eigenvalue weighted by Gasteiger charge is 2.12. The van der Waals surface area contributed by atoms with Crippen molar-refractivity contribution in [3.8, 4) is 0 Å². The number of carbonyl (C=O) groups is 2. The third kappa shape index (κ3) is 6.76. The molecule has 0 heterocycles. The summed E-state index contributed by atoms with van der Waals surface area (Å²) in [7, 11) is 0. The molecule has 0 saturated heterocycles. The van der Waals surface area contributed by atoms with E-state index in [1.165, 1.54) is 0 Å². The summed E-state index contributed by atoms with van der Waals surface area (Å²) in [4.78, 5) is 24.9. The van der Waals surface area contributed by atoms with Crippen LogP contribution in [0.3, 0.4) is 0 Å². The van der Waals surface area contributed by atoms with Crippen LogP contribution < -0.4 is 16.8 Å². The molecule has 1 aromatic carbocycles. The van der Waals surface area contributed by atoms with E-state index in [4.69, 9.17) is 11.5 Å². The molecule has 0 atom stereocenters. The average Bonchev–Trinajstić information content (AvgIpc) is 2.37. The Morgan fingerprint density at radius 3 is 2.52 bits per heavy atom. The normalized spacial score (nSPS) is 10.9. The van der Waals surface area contributed by atoms with E-state index in [0.717, 1.165) is 6.54 Å². The molecule has 116 valence electrons. The number of rotatable bonds is 8. The van der Waals surface area contributed by atoms with Gasteiger partial charge in [0.15, 0.2) is 0 Å². The summed E-state index contributed by atoms with van der Waals surface area (Å²) >= 11 is 0. The minimum Gasteiger partial charge on any atom is -0.397 e. The van der Waals surface area contributed by atoms with Crippen molar-refractivity contribution in [1.29, 1.82) is 0 Å². The second-order valence-corrected chi connectivity index (χ2v) is 5.48. The van der Waals surface area contributed by atoms with Crippen LogP contribution in [0.5, 0.6) is 0 Å². The number of hydrogen-bond acceptors (Lipinski definition) is 4. The summed E-state index contributed by atoms with van der Waals surface area (Å²) < 4.78 is 0. The highest BCUT2D eigenvalue weighted by Crippen LogP contribution is 2.16. The summed E-state index contributed by atoms with van der Waals surface area (Å²) in [6.45, 7) is 5.49. The van der Waals surface area contributed by atoms with Crippen LogP contribution in [-0.2, 0) is 9.59 Å². The van der Waals surface area contributed by atoms with E-state index in [9.17, 15) is 9.59 Å². The maximum Gasteiger partial charge on any atom is 0.231 e. The van der Waals surface area contributed by atoms with Crippen LogP contribution in [0.1, 0.15) is 20.3 Å². The van der Waals surface area contributed by atoms with Crippen LogP contribution in [0.2, 0.25) is 0 Å². The maximum absolute atomic E-state index is 11.9. The first kappa shape index (κ1) is 17.0. The van der Waals surface area contributed by atoms with Crippen molar-refractivity contribution in [1.82, 2.24) is 4.90 Å². The third-order valence-corrected chi connectivity index (χ3v) is 2.89. The minimum atomic E-state index is -0.386. The molecule has 0 aliphatic heterocycles. The number of benzene rings is 1. The molecule has 0 fully saturated rings.